The molecule has 3 aromatic carbocycles. The molecule has 6 heteroatoms. The number of imidazole rings is 1. The number of halogens is 2. The predicted octanol–water partition coefficient (Wildman–Crippen LogP) is 2.62. The molecular weight excluding hydrogens is 471 g/mol. The van der Waals surface area contributed by atoms with Crippen LogP contribution >= 0.6 is 0 Å². The topological polar surface area (TPSA) is 39.0 Å². The average molecular weight is 493 g/mol. The number of nitrogens with zero attached hydrogens (tertiary/aromatic N) is 2. The molecule has 0 aliphatic heterocycles. The van der Waals surface area contributed by atoms with E-state index in [4.69, 9.17) is 4.42 Å². The van der Waals surface area contributed by atoms with Crippen LogP contribution in [0.2, 0.25) is 0 Å². The van der Waals surface area contributed by atoms with Crippen molar-refractivity contribution in [2.45, 2.75) is 26.4 Å². The van der Waals surface area contributed by atoms with Gasteiger partial charge in [-0.25, -0.2) is 13.5 Å². The fourth-order valence-electron chi connectivity index (χ4n) is 4.14. The fourth-order valence-corrected chi connectivity index (χ4v) is 4.14. The highest BCUT2D eigenvalue weighted by molar-refractivity contribution is 6.05. The SMILES string of the molecule is Cc1n(C(C)c2ccc3oc4ccccc4c3c2)cc[n+]1CC(=O)c1ccc(F)cc1.[Br-]. The molecule has 0 radical (unpaired) electrons. The monoisotopic (exact) mass is 492 g/mol. The molecule has 5 rings (SSSR count). The summed E-state index contributed by atoms with van der Waals surface area (Å²) < 4.78 is 23.2. The molecule has 162 valence electrons. The summed E-state index contributed by atoms with van der Waals surface area (Å²) in [6.07, 6.45) is 3.91. The zero-order valence-corrected chi connectivity index (χ0v) is 19.3. The molecule has 0 aliphatic rings. The molecule has 32 heavy (non-hydrogen) atoms. The minimum absolute atomic E-state index is 0. The van der Waals surface area contributed by atoms with Crippen molar-refractivity contribution in [1.82, 2.24) is 4.57 Å². The average Bonchev–Trinajstić information content (AvgIpc) is 3.33. The van der Waals surface area contributed by atoms with Gasteiger partial charge in [-0.2, -0.15) is 0 Å². The lowest BCUT2D eigenvalue weighted by molar-refractivity contribution is -0.688. The number of benzene rings is 3. The highest BCUT2D eigenvalue weighted by Crippen LogP contribution is 2.31. The third-order valence-electron chi connectivity index (χ3n) is 5.98. The van der Waals surface area contributed by atoms with Crippen molar-refractivity contribution in [3.05, 3.63) is 102 Å². The van der Waals surface area contributed by atoms with Gasteiger partial charge in [-0.05, 0) is 55.0 Å². The van der Waals surface area contributed by atoms with Gasteiger partial charge in [0.05, 0.1) is 0 Å². The van der Waals surface area contributed by atoms with Gasteiger partial charge in [0.15, 0.2) is 6.54 Å². The molecule has 0 aliphatic carbocycles. The van der Waals surface area contributed by atoms with Crippen LogP contribution in [0.5, 0.6) is 0 Å². The minimum atomic E-state index is -0.345. The maximum Gasteiger partial charge on any atom is 0.254 e. The maximum absolute atomic E-state index is 13.1. The Labute approximate surface area is 195 Å². The maximum atomic E-state index is 13.1. The van der Waals surface area contributed by atoms with Crippen molar-refractivity contribution in [3.63, 3.8) is 0 Å². The molecule has 2 aromatic heterocycles. The van der Waals surface area contributed by atoms with Gasteiger partial charge in [-0.15, -0.1) is 0 Å². The molecule has 2 heterocycles. The predicted molar refractivity (Wildman–Crippen MR) is 118 cm³/mol. The second-order valence-electron chi connectivity index (χ2n) is 7.84. The molecule has 0 saturated carbocycles. The molecule has 0 saturated heterocycles. The van der Waals surface area contributed by atoms with Crippen LogP contribution < -0.4 is 21.5 Å². The van der Waals surface area contributed by atoms with Crippen molar-refractivity contribution < 1.29 is 35.2 Å². The number of fused-ring (bicyclic) bond motifs is 3. The van der Waals surface area contributed by atoms with E-state index in [1.165, 1.54) is 24.3 Å². The number of carbonyl (C=O) groups is 1. The van der Waals surface area contributed by atoms with Crippen molar-refractivity contribution in [2.24, 2.45) is 0 Å². The van der Waals surface area contributed by atoms with Crippen LogP contribution in [0.1, 0.15) is 34.7 Å². The Morgan fingerprint density at radius 1 is 1.03 bits per heavy atom. The number of para-hydroxylation sites is 1. The van der Waals surface area contributed by atoms with Gasteiger partial charge in [0.2, 0.25) is 5.78 Å². The van der Waals surface area contributed by atoms with Gasteiger partial charge >= 0.3 is 0 Å². The van der Waals surface area contributed by atoms with E-state index < -0.39 is 0 Å². The van der Waals surface area contributed by atoms with Crippen LogP contribution in [0.4, 0.5) is 4.39 Å². The molecule has 0 fully saturated rings. The van der Waals surface area contributed by atoms with Crippen LogP contribution in [0.3, 0.4) is 0 Å². The smallest absolute Gasteiger partial charge is 0.254 e. The summed E-state index contributed by atoms with van der Waals surface area (Å²) >= 11 is 0. The number of Topliss-reactive ketones (excluding diaryl/α,β-unsaturated/α-hetero) is 1. The number of carbonyl (C=O) groups excluding carboxylic acids is 1. The highest BCUT2D eigenvalue weighted by atomic mass is 79.9. The second-order valence-corrected chi connectivity index (χ2v) is 7.84. The van der Waals surface area contributed by atoms with E-state index in [1.807, 2.05) is 48.1 Å². The first kappa shape index (κ1) is 22.0. The number of hydrogen-bond acceptors (Lipinski definition) is 2. The number of rotatable bonds is 5. The molecule has 0 N–H and O–H groups in total. The van der Waals surface area contributed by atoms with Crippen molar-refractivity contribution >= 4 is 27.7 Å². The molecule has 5 aromatic rings. The summed E-state index contributed by atoms with van der Waals surface area (Å²) in [5.41, 5.74) is 3.43. The van der Waals surface area contributed by atoms with Gasteiger partial charge in [-0.3, -0.25) is 4.79 Å². The Balaban J connectivity index is 0.00000245. The summed E-state index contributed by atoms with van der Waals surface area (Å²) in [6.45, 7) is 4.35. The van der Waals surface area contributed by atoms with E-state index in [1.54, 1.807) is 0 Å². The first-order valence-electron chi connectivity index (χ1n) is 10.3. The standard InChI is InChI=1S/C26H22FN2O2.BrH/c1-17(20-9-12-26-23(15-20)22-5-3-4-6-25(22)31-26)29-14-13-28(18(29)2)16-24(30)19-7-10-21(27)11-8-19;/h3-15,17H,16H2,1-2H3;1H/q+1;/p-1. The molecule has 0 bridgehead atoms. The van der Waals surface area contributed by atoms with Crippen LogP contribution in [-0.2, 0) is 6.54 Å². The van der Waals surface area contributed by atoms with Crippen LogP contribution in [-0.4, -0.2) is 10.4 Å². The Morgan fingerprint density at radius 3 is 2.53 bits per heavy atom. The van der Waals surface area contributed by atoms with Gasteiger partial charge < -0.3 is 21.4 Å². The lowest BCUT2D eigenvalue weighted by Crippen LogP contribution is -3.00. The largest absolute Gasteiger partial charge is 1.00 e. The van der Waals surface area contributed by atoms with Crippen molar-refractivity contribution in [1.29, 1.82) is 0 Å². The van der Waals surface area contributed by atoms with E-state index in [0.717, 1.165) is 33.3 Å². The molecule has 1 unspecified atom stereocenters. The normalized spacial score (nSPS) is 12.1. The highest BCUT2D eigenvalue weighted by Gasteiger charge is 2.22. The molecular formula is C26H22BrFN2O2. The Kier molecular flexibility index (Phi) is 5.98. The van der Waals surface area contributed by atoms with Gasteiger partial charge in [-0.1, -0.05) is 24.3 Å². The quantitative estimate of drug-likeness (QED) is 0.279. The summed E-state index contributed by atoms with van der Waals surface area (Å²) in [6, 6.07) is 20.1. The number of hydrogen-bond donors (Lipinski definition) is 0. The van der Waals surface area contributed by atoms with Crippen LogP contribution in [0, 0.1) is 12.7 Å². The molecule has 1 atom stereocenters. The second kappa shape index (κ2) is 8.71. The Bertz CT molecular complexity index is 1420. The van der Waals surface area contributed by atoms with E-state index in [9.17, 15) is 9.18 Å². The third-order valence-corrected chi connectivity index (χ3v) is 5.98. The summed E-state index contributed by atoms with van der Waals surface area (Å²) in [5.74, 6) is 0.577. The Hall–Kier alpha value is -3.25. The molecule has 4 nitrogen and oxygen atoms in total. The molecule has 0 spiro atoms. The number of furan rings is 1. The van der Waals surface area contributed by atoms with E-state index in [2.05, 4.69) is 29.7 Å². The van der Waals surface area contributed by atoms with Crippen molar-refractivity contribution in [2.75, 3.05) is 0 Å². The van der Waals surface area contributed by atoms with Gasteiger partial charge in [0.1, 0.15) is 35.4 Å². The van der Waals surface area contributed by atoms with E-state index in [-0.39, 0.29) is 41.2 Å². The van der Waals surface area contributed by atoms with E-state index >= 15 is 0 Å². The van der Waals surface area contributed by atoms with Crippen molar-refractivity contribution in [3.8, 4) is 0 Å². The number of aromatic nitrogens is 2. The third kappa shape index (κ3) is 3.86. The number of ketones is 1. The summed E-state index contributed by atoms with van der Waals surface area (Å²) in [4.78, 5) is 12.6. The van der Waals surface area contributed by atoms with E-state index in [0.29, 0.717) is 5.56 Å². The van der Waals surface area contributed by atoms with Crippen LogP contribution in [0.25, 0.3) is 21.9 Å². The summed E-state index contributed by atoms with van der Waals surface area (Å²) in [5, 5.41) is 2.21. The lowest BCUT2D eigenvalue weighted by atomic mass is 10.0. The Morgan fingerprint density at radius 2 is 1.75 bits per heavy atom. The lowest BCUT2D eigenvalue weighted by Gasteiger charge is -2.11. The molecule has 0 amide bonds. The first-order chi connectivity index (χ1) is 15.0. The minimum Gasteiger partial charge on any atom is -1.00 e. The van der Waals surface area contributed by atoms with Gasteiger partial charge in [0.25, 0.3) is 5.82 Å². The van der Waals surface area contributed by atoms with Gasteiger partial charge in [0, 0.05) is 23.3 Å². The zero-order chi connectivity index (χ0) is 21.5. The first-order valence-corrected chi connectivity index (χ1v) is 10.3. The zero-order valence-electron chi connectivity index (χ0n) is 17.8. The van der Waals surface area contributed by atoms with Crippen LogP contribution in [0.15, 0.2) is 83.5 Å². The fraction of sp³-hybridized carbons (Fsp3) is 0.154. The summed E-state index contributed by atoms with van der Waals surface area (Å²) in [7, 11) is 0.